The highest BCUT2D eigenvalue weighted by atomic mass is 16.3. The molecule has 0 bridgehead atoms. The van der Waals surface area contributed by atoms with Gasteiger partial charge in [0.2, 0.25) is 0 Å². The minimum atomic E-state index is 0.618. The molecule has 2 heterocycles. The molecule has 0 saturated heterocycles. The molecule has 5 aromatic carbocycles. The molecule has 2 aromatic heterocycles. The molecule has 0 spiro atoms. The van der Waals surface area contributed by atoms with Crippen molar-refractivity contribution in [2.75, 3.05) is 0 Å². The number of hydrogen-bond donors (Lipinski definition) is 0. The molecule has 0 amide bonds. The Balaban J connectivity index is 1.41. The van der Waals surface area contributed by atoms with Crippen molar-refractivity contribution in [1.82, 2.24) is 0 Å². The summed E-state index contributed by atoms with van der Waals surface area (Å²) in [7, 11) is 0. The molecule has 4 nitrogen and oxygen atoms in total. The molecule has 0 aliphatic heterocycles. The molecular weight excluding hydrogens is 444 g/mol. The van der Waals surface area contributed by atoms with Crippen molar-refractivity contribution in [3.8, 4) is 28.3 Å². The SMILES string of the molecule is [C-]#[N+]c1cccc(-c2ccc3oc4cc5c(cc4c3c2)oc2ccc(-c3cccc(C#N)c3)cc25)c1. The molecule has 0 N–H and O–H groups in total. The Morgan fingerprint density at radius 3 is 1.67 bits per heavy atom. The van der Waals surface area contributed by atoms with Gasteiger partial charge in [-0.2, -0.15) is 5.26 Å². The summed E-state index contributed by atoms with van der Waals surface area (Å²) in [6.07, 6.45) is 0. The average molecular weight is 460 g/mol. The first-order valence-electron chi connectivity index (χ1n) is 11.5. The van der Waals surface area contributed by atoms with Crippen LogP contribution in [-0.4, -0.2) is 0 Å². The van der Waals surface area contributed by atoms with E-state index in [2.05, 4.69) is 23.0 Å². The lowest BCUT2D eigenvalue weighted by Gasteiger charge is -2.02. The van der Waals surface area contributed by atoms with Crippen LogP contribution in [0.5, 0.6) is 0 Å². The first kappa shape index (κ1) is 20.1. The number of nitriles is 1. The van der Waals surface area contributed by atoms with Gasteiger partial charge in [0.25, 0.3) is 0 Å². The molecule has 7 aromatic rings. The van der Waals surface area contributed by atoms with Gasteiger partial charge in [0.05, 0.1) is 18.2 Å². The highest BCUT2D eigenvalue weighted by molar-refractivity contribution is 6.15. The Labute approximate surface area is 206 Å². The summed E-state index contributed by atoms with van der Waals surface area (Å²) in [4.78, 5) is 3.55. The molecule has 0 fully saturated rings. The largest absolute Gasteiger partial charge is 0.456 e. The predicted octanol–water partition coefficient (Wildman–Crippen LogP) is 9.24. The van der Waals surface area contributed by atoms with Gasteiger partial charge in [-0.3, -0.25) is 0 Å². The standard InChI is InChI=1S/C32H16N2O2/c1-34-24-7-3-6-21(13-24)23-9-11-30-26(15-23)28-17-31-27(16-32(28)36-30)25-14-22(8-10-29(25)35-31)20-5-2-4-19(12-20)18-33/h2-17H. The Morgan fingerprint density at radius 2 is 1.08 bits per heavy atom. The zero-order chi connectivity index (χ0) is 24.2. The third-order valence-electron chi connectivity index (χ3n) is 6.69. The summed E-state index contributed by atoms with van der Waals surface area (Å²) in [5, 5.41) is 13.3. The van der Waals surface area contributed by atoms with Crippen LogP contribution in [0.2, 0.25) is 0 Å². The van der Waals surface area contributed by atoms with E-state index in [-0.39, 0.29) is 0 Å². The van der Waals surface area contributed by atoms with Crippen molar-refractivity contribution in [3.63, 3.8) is 0 Å². The van der Waals surface area contributed by atoms with Crippen molar-refractivity contribution in [2.24, 2.45) is 0 Å². The number of fused-ring (bicyclic) bond motifs is 6. The third-order valence-corrected chi connectivity index (χ3v) is 6.69. The van der Waals surface area contributed by atoms with Gasteiger partial charge >= 0.3 is 0 Å². The van der Waals surface area contributed by atoms with E-state index in [4.69, 9.17) is 15.4 Å². The molecule has 0 atom stereocenters. The van der Waals surface area contributed by atoms with Crippen molar-refractivity contribution < 1.29 is 8.83 Å². The van der Waals surface area contributed by atoms with Crippen LogP contribution in [0.1, 0.15) is 5.56 Å². The van der Waals surface area contributed by atoms with E-state index in [1.807, 2.05) is 78.9 Å². The minimum Gasteiger partial charge on any atom is -0.456 e. The van der Waals surface area contributed by atoms with Crippen LogP contribution in [0, 0.1) is 17.9 Å². The Kier molecular flexibility index (Phi) is 4.24. The Bertz CT molecular complexity index is 1930. The fraction of sp³-hybridized carbons (Fsp3) is 0. The summed E-state index contributed by atoms with van der Waals surface area (Å²) >= 11 is 0. The average Bonchev–Trinajstić information content (AvgIpc) is 3.48. The predicted molar refractivity (Wildman–Crippen MR) is 143 cm³/mol. The highest BCUT2D eigenvalue weighted by Gasteiger charge is 2.15. The van der Waals surface area contributed by atoms with E-state index in [9.17, 15) is 5.26 Å². The van der Waals surface area contributed by atoms with Gasteiger partial charge in [-0.15, -0.1) is 0 Å². The van der Waals surface area contributed by atoms with Gasteiger partial charge in [0.15, 0.2) is 5.69 Å². The molecule has 0 aliphatic carbocycles. The van der Waals surface area contributed by atoms with E-state index < -0.39 is 0 Å². The maximum atomic E-state index is 9.27. The first-order valence-corrected chi connectivity index (χ1v) is 11.5. The molecule has 0 aliphatic rings. The quantitative estimate of drug-likeness (QED) is 0.242. The maximum absolute atomic E-state index is 9.27. The Hall–Kier alpha value is -5.32. The fourth-order valence-electron chi connectivity index (χ4n) is 4.93. The van der Waals surface area contributed by atoms with Gasteiger partial charge in [0.1, 0.15) is 22.3 Å². The normalized spacial score (nSPS) is 11.3. The van der Waals surface area contributed by atoms with E-state index in [0.29, 0.717) is 11.3 Å². The summed E-state index contributed by atoms with van der Waals surface area (Å²) in [5.74, 6) is 0. The zero-order valence-corrected chi connectivity index (χ0v) is 18.9. The smallest absolute Gasteiger partial charge is 0.187 e. The topological polar surface area (TPSA) is 54.4 Å². The van der Waals surface area contributed by atoms with Crippen molar-refractivity contribution in [2.45, 2.75) is 0 Å². The fourth-order valence-corrected chi connectivity index (χ4v) is 4.93. The van der Waals surface area contributed by atoms with Crippen LogP contribution < -0.4 is 0 Å². The molecular formula is C32H16N2O2. The second kappa shape index (κ2) is 7.60. The number of furan rings is 2. The molecule has 4 heteroatoms. The minimum absolute atomic E-state index is 0.618. The number of nitrogens with zero attached hydrogens (tertiary/aromatic N) is 2. The molecule has 7 rings (SSSR count). The number of rotatable bonds is 2. The van der Waals surface area contributed by atoms with Crippen LogP contribution in [0.25, 0.3) is 71.0 Å². The Morgan fingerprint density at radius 1 is 0.556 bits per heavy atom. The van der Waals surface area contributed by atoms with E-state index >= 15 is 0 Å². The van der Waals surface area contributed by atoms with E-state index in [1.54, 1.807) is 6.07 Å². The summed E-state index contributed by atoms with van der Waals surface area (Å²) in [6.45, 7) is 7.31. The van der Waals surface area contributed by atoms with Gasteiger partial charge in [0, 0.05) is 21.5 Å². The third kappa shape index (κ3) is 3.06. The van der Waals surface area contributed by atoms with Crippen LogP contribution in [0.4, 0.5) is 5.69 Å². The lowest BCUT2D eigenvalue weighted by Crippen LogP contribution is -1.80. The molecule has 36 heavy (non-hydrogen) atoms. The highest BCUT2D eigenvalue weighted by Crippen LogP contribution is 2.39. The van der Waals surface area contributed by atoms with Crippen molar-refractivity contribution in [3.05, 3.63) is 114 Å². The monoisotopic (exact) mass is 460 g/mol. The molecule has 0 unspecified atom stereocenters. The summed E-state index contributed by atoms with van der Waals surface area (Å²) < 4.78 is 12.5. The lowest BCUT2D eigenvalue weighted by atomic mass is 10.0. The van der Waals surface area contributed by atoms with Gasteiger partial charge in [-0.25, -0.2) is 4.85 Å². The van der Waals surface area contributed by atoms with Gasteiger partial charge in [-0.05, 0) is 76.9 Å². The lowest BCUT2D eigenvalue weighted by molar-refractivity contribution is 0.664. The van der Waals surface area contributed by atoms with Crippen molar-refractivity contribution in [1.29, 1.82) is 5.26 Å². The number of hydrogen-bond acceptors (Lipinski definition) is 3. The zero-order valence-electron chi connectivity index (χ0n) is 18.9. The molecule has 0 radical (unpaired) electrons. The van der Waals surface area contributed by atoms with Crippen LogP contribution in [-0.2, 0) is 0 Å². The van der Waals surface area contributed by atoms with E-state index in [1.165, 1.54) is 0 Å². The number of benzene rings is 5. The summed E-state index contributed by atoms with van der Waals surface area (Å²) in [6, 6.07) is 33.8. The first-order chi connectivity index (χ1) is 17.7. The van der Waals surface area contributed by atoms with Gasteiger partial charge < -0.3 is 8.83 Å². The van der Waals surface area contributed by atoms with Crippen LogP contribution in [0.15, 0.2) is 106 Å². The van der Waals surface area contributed by atoms with Gasteiger partial charge in [-0.1, -0.05) is 42.5 Å². The second-order valence-electron chi connectivity index (χ2n) is 8.83. The summed E-state index contributed by atoms with van der Waals surface area (Å²) in [5.41, 5.74) is 8.50. The van der Waals surface area contributed by atoms with E-state index in [0.717, 1.165) is 66.1 Å². The van der Waals surface area contributed by atoms with Crippen LogP contribution in [0.3, 0.4) is 0 Å². The second-order valence-corrected chi connectivity index (χ2v) is 8.83. The van der Waals surface area contributed by atoms with Crippen molar-refractivity contribution >= 4 is 49.6 Å². The molecule has 0 saturated carbocycles. The van der Waals surface area contributed by atoms with Crippen LogP contribution >= 0.6 is 0 Å². The molecule has 166 valence electrons. The maximum Gasteiger partial charge on any atom is 0.187 e.